The highest BCUT2D eigenvalue weighted by Gasteiger charge is 2.31. The van der Waals surface area contributed by atoms with E-state index in [1.807, 2.05) is 12.4 Å². The monoisotopic (exact) mass is 340 g/mol. The van der Waals surface area contributed by atoms with Gasteiger partial charge in [0.1, 0.15) is 4.88 Å². The van der Waals surface area contributed by atoms with Gasteiger partial charge in [0.15, 0.2) is 0 Å². The molecule has 6 heteroatoms. The molecule has 2 aromatic heterocycles. The van der Waals surface area contributed by atoms with Gasteiger partial charge in [0, 0.05) is 6.54 Å². The van der Waals surface area contributed by atoms with E-state index in [0.717, 1.165) is 42.4 Å². The van der Waals surface area contributed by atoms with E-state index in [0.29, 0.717) is 5.89 Å². The molecule has 124 valence electrons. The maximum absolute atomic E-state index is 5.99. The molecule has 3 heterocycles. The number of nitrogens with zero attached hydrogens (tertiary/aromatic N) is 4. The topological polar surface area (TPSA) is 55.1 Å². The summed E-state index contributed by atoms with van der Waals surface area (Å²) in [5.74, 6) is 1.32. The molecule has 0 amide bonds. The van der Waals surface area contributed by atoms with Crippen LogP contribution in [-0.4, -0.2) is 26.6 Å². The molecule has 3 aromatic rings. The van der Waals surface area contributed by atoms with Crippen LogP contribution in [0.3, 0.4) is 0 Å². The van der Waals surface area contributed by atoms with Crippen LogP contribution in [-0.2, 0) is 6.54 Å². The van der Waals surface area contributed by atoms with E-state index < -0.39 is 0 Å². The minimum Gasteiger partial charge on any atom is -0.418 e. The van der Waals surface area contributed by atoms with E-state index in [1.54, 1.807) is 11.3 Å². The number of rotatable bonds is 4. The Labute approximate surface area is 145 Å². The number of likely N-dealkylation sites (tertiary alicyclic amines) is 1. The molecule has 4 rings (SSSR count). The van der Waals surface area contributed by atoms with Crippen molar-refractivity contribution >= 4 is 11.3 Å². The number of thiazole rings is 1. The van der Waals surface area contributed by atoms with Crippen LogP contribution >= 0.6 is 11.3 Å². The Morgan fingerprint density at radius 2 is 2.21 bits per heavy atom. The Bertz CT molecular complexity index is 841. The van der Waals surface area contributed by atoms with E-state index >= 15 is 0 Å². The Balaban J connectivity index is 1.55. The second-order valence-corrected chi connectivity index (χ2v) is 7.18. The minimum atomic E-state index is 0.208. The first-order valence-electron chi connectivity index (χ1n) is 8.24. The van der Waals surface area contributed by atoms with E-state index in [9.17, 15) is 0 Å². The molecule has 1 aliphatic rings. The maximum Gasteiger partial charge on any atom is 0.259 e. The van der Waals surface area contributed by atoms with Gasteiger partial charge in [-0.1, -0.05) is 29.8 Å². The normalized spacial score (nSPS) is 18.3. The van der Waals surface area contributed by atoms with E-state index in [2.05, 4.69) is 51.3 Å². The van der Waals surface area contributed by atoms with Crippen molar-refractivity contribution in [3.63, 3.8) is 0 Å². The molecule has 1 fully saturated rings. The molecule has 0 aliphatic carbocycles. The SMILES string of the molecule is Cc1cccc(CN2CCC[C@@H]2c2nnc(-c3scnc3C)o2)c1. The van der Waals surface area contributed by atoms with Crippen molar-refractivity contribution in [3.8, 4) is 10.8 Å². The van der Waals surface area contributed by atoms with Crippen LogP contribution in [0.25, 0.3) is 10.8 Å². The first-order valence-corrected chi connectivity index (χ1v) is 9.12. The summed E-state index contributed by atoms with van der Waals surface area (Å²) in [4.78, 5) is 7.66. The fourth-order valence-corrected chi connectivity index (χ4v) is 4.03. The van der Waals surface area contributed by atoms with E-state index in [1.165, 1.54) is 11.1 Å². The third-order valence-electron chi connectivity index (χ3n) is 4.50. The number of benzene rings is 1. The summed E-state index contributed by atoms with van der Waals surface area (Å²) < 4.78 is 5.99. The lowest BCUT2D eigenvalue weighted by atomic mass is 10.1. The lowest BCUT2D eigenvalue weighted by Crippen LogP contribution is -2.23. The van der Waals surface area contributed by atoms with Crippen LogP contribution in [0.4, 0.5) is 0 Å². The number of hydrogen-bond acceptors (Lipinski definition) is 6. The minimum absolute atomic E-state index is 0.208. The Morgan fingerprint density at radius 3 is 3.00 bits per heavy atom. The third kappa shape index (κ3) is 2.99. The smallest absolute Gasteiger partial charge is 0.259 e. The van der Waals surface area contributed by atoms with Crippen molar-refractivity contribution in [1.29, 1.82) is 0 Å². The highest BCUT2D eigenvalue weighted by Crippen LogP contribution is 2.34. The van der Waals surface area contributed by atoms with Gasteiger partial charge in [0.2, 0.25) is 5.89 Å². The van der Waals surface area contributed by atoms with Crippen molar-refractivity contribution in [2.45, 2.75) is 39.3 Å². The number of aromatic nitrogens is 3. The average molecular weight is 340 g/mol. The third-order valence-corrected chi connectivity index (χ3v) is 5.41. The molecule has 0 radical (unpaired) electrons. The first kappa shape index (κ1) is 15.5. The van der Waals surface area contributed by atoms with Gasteiger partial charge in [-0.15, -0.1) is 21.5 Å². The highest BCUT2D eigenvalue weighted by molar-refractivity contribution is 7.13. The second kappa shape index (κ2) is 6.45. The molecular formula is C18H20N4OS. The molecule has 0 unspecified atom stereocenters. The van der Waals surface area contributed by atoms with Crippen LogP contribution in [0.1, 0.15) is 41.6 Å². The van der Waals surface area contributed by atoms with Gasteiger partial charge in [0.05, 0.1) is 17.2 Å². The molecule has 0 spiro atoms. The average Bonchev–Trinajstić information content (AvgIpc) is 3.27. The van der Waals surface area contributed by atoms with Gasteiger partial charge < -0.3 is 4.42 Å². The van der Waals surface area contributed by atoms with Gasteiger partial charge in [-0.25, -0.2) is 4.98 Å². The van der Waals surface area contributed by atoms with Crippen LogP contribution < -0.4 is 0 Å². The van der Waals surface area contributed by atoms with Crippen molar-refractivity contribution < 1.29 is 4.42 Å². The summed E-state index contributed by atoms with van der Waals surface area (Å²) in [6.07, 6.45) is 2.23. The molecule has 24 heavy (non-hydrogen) atoms. The predicted octanol–water partition coefficient (Wildman–Crippen LogP) is 4.15. The molecule has 0 N–H and O–H groups in total. The zero-order valence-electron chi connectivity index (χ0n) is 13.9. The first-order chi connectivity index (χ1) is 11.7. The van der Waals surface area contributed by atoms with Crippen molar-refractivity contribution in [3.05, 3.63) is 52.5 Å². The molecule has 5 nitrogen and oxygen atoms in total. The van der Waals surface area contributed by atoms with E-state index in [-0.39, 0.29) is 6.04 Å². The lowest BCUT2D eigenvalue weighted by molar-refractivity contribution is 0.215. The summed E-state index contributed by atoms with van der Waals surface area (Å²) >= 11 is 1.54. The van der Waals surface area contributed by atoms with Crippen LogP contribution in [0.2, 0.25) is 0 Å². The summed E-state index contributed by atoms with van der Waals surface area (Å²) in [6.45, 7) is 6.08. The Hall–Kier alpha value is -2.05. The summed E-state index contributed by atoms with van der Waals surface area (Å²) in [5.41, 5.74) is 5.39. The quantitative estimate of drug-likeness (QED) is 0.714. The molecular weight excluding hydrogens is 320 g/mol. The molecule has 1 aromatic carbocycles. The fraction of sp³-hybridized carbons (Fsp3) is 0.389. The number of hydrogen-bond donors (Lipinski definition) is 0. The van der Waals surface area contributed by atoms with Gasteiger partial charge in [0.25, 0.3) is 5.89 Å². The van der Waals surface area contributed by atoms with Crippen molar-refractivity contribution in [1.82, 2.24) is 20.1 Å². The lowest BCUT2D eigenvalue weighted by Gasteiger charge is -2.21. The predicted molar refractivity (Wildman–Crippen MR) is 93.7 cm³/mol. The molecule has 1 aliphatic heterocycles. The highest BCUT2D eigenvalue weighted by atomic mass is 32.1. The largest absolute Gasteiger partial charge is 0.418 e. The van der Waals surface area contributed by atoms with Crippen molar-refractivity contribution in [2.24, 2.45) is 0 Å². The molecule has 1 saturated heterocycles. The zero-order chi connectivity index (χ0) is 16.5. The Morgan fingerprint density at radius 1 is 1.29 bits per heavy atom. The van der Waals surface area contributed by atoms with Crippen molar-refractivity contribution in [2.75, 3.05) is 6.54 Å². The van der Waals surface area contributed by atoms with Gasteiger partial charge in [-0.2, -0.15) is 0 Å². The maximum atomic E-state index is 5.99. The molecule has 0 saturated carbocycles. The fourth-order valence-electron chi connectivity index (χ4n) is 3.31. The summed E-state index contributed by atoms with van der Waals surface area (Å²) in [5, 5.41) is 8.57. The van der Waals surface area contributed by atoms with Gasteiger partial charge >= 0.3 is 0 Å². The standard InChI is InChI=1S/C18H20N4OS/c1-12-5-3-6-14(9-12)10-22-8-4-7-15(22)17-20-21-18(23-17)16-13(2)19-11-24-16/h3,5-6,9,11,15H,4,7-8,10H2,1-2H3/t15-/m1/s1. The summed E-state index contributed by atoms with van der Waals surface area (Å²) in [6, 6.07) is 8.89. The van der Waals surface area contributed by atoms with Crippen LogP contribution in [0.5, 0.6) is 0 Å². The van der Waals surface area contributed by atoms with Gasteiger partial charge in [-0.3, -0.25) is 4.90 Å². The zero-order valence-corrected chi connectivity index (χ0v) is 14.7. The van der Waals surface area contributed by atoms with Crippen LogP contribution in [0, 0.1) is 13.8 Å². The van der Waals surface area contributed by atoms with E-state index in [4.69, 9.17) is 4.42 Å². The van der Waals surface area contributed by atoms with Crippen LogP contribution in [0.15, 0.2) is 34.2 Å². The molecule has 1 atom stereocenters. The van der Waals surface area contributed by atoms with Gasteiger partial charge in [-0.05, 0) is 38.8 Å². The second-order valence-electron chi connectivity index (χ2n) is 6.33. The summed E-state index contributed by atoms with van der Waals surface area (Å²) in [7, 11) is 0. The Kier molecular flexibility index (Phi) is 4.16. The molecule has 0 bridgehead atoms. The number of aryl methyl sites for hydroxylation is 2.